The van der Waals surface area contributed by atoms with E-state index in [1.807, 2.05) is 17.5 Å². The highest BCUT2D eigenvalue weighted by molar-refractivity contribution is 7.13. The molecule has 8 nitrogen and oxygen atoms in total. The maximum absolute atomic E-state index is 12.3. The van der Waals surface area contributed by atoms with Crippen LogP contribution in [-0.2, 0) is 20.7 Å². The molecule has 0 spiro atoms. The van der Waals surface area contributed by atoms with E-state index in [2.05, 4.69) is 10.1 Å². The number of amides is 1. The Morgan fingerprint density at radius 2 is 2.33 bits per heavy atom. The van der Waals surface area contributed by atoms with Crippen molar-refractivity contribution in [2.24, 2.45) is 0 Å². The minimum atomic E-state index is -0.929. The third-order valence-corrected chi connectivity index (χ3v) is 4.52. The van der Waals surface area contributed by atoms with Gasteiger partial charge in [0.15, 0.2) is 0 Å². The average Bonchev–Trinajstić information content (AvgIpc) is 3.23. The lowest BCUT2D eigenvalue weighted by Gasteiger charge is -2.32. The van der Waals surface area contributed by atoms with Gasteiger partial charge in [-0.2, -0.15) is 4.98 Å². The van der Waals surface area contributed by atoms with Crippen molar-refractivity contribution in [1.82, 2.24) is 15.0 Å². The smallest absolute Gasteiger partial charge is 0.306 e. The standard InChI is InChI=1S/C15H17N3O5S/c19-13(18-5-6-22-10(9-18)8-14(20)21)4-3-12-16-15(17-23-12)11-2-1-7-24-11/h1-2,7,10H,3-6,8-9H2,(H,20,21)/t10-/m1/s1. The van der Waals surface area contributed by atoms with Gasteiger partial charge in [0.05, 0.1) is 24.0 Å². The lowest BCUT2D eigenvalue weighted by molar-refractivity contribution is -0.147. The molecule has 9 heteroatoms. The second-order valence-electron chi connectivity index (χ2n) is 5.42. The average molecular weight is 351 g/mol. The fourth-order valence-corrected chi connectivity index (χ4v) is 3.15. The number of carbonyl (C=O) groups excluding carboxylic acids is 1. The molecule has 3 rings (SSSR count). The highest BCUT2D eigenvalue weighted by Gasteiger charge is 2.26. The number of thiophene rings is 1. The van der Waals surface area contributed by atoms with Gasteiger partial charge in [0, 0.05) is 25.9 Å². The van der Waals surface area contributed by atoms with Gasteiger partial charge < -0.3 is 19.3 Å². The van der Waals surface area contributed by atoms with Crippen LogP contribution in [0.5, 0.6) is 0 Å². The van der Waals surface area contributed by atoms with E-state index in [-0.39, 0.29) is 18.7 Å². The third kappa shape index (κ3) is 4.18. The normalized spacial score (nSPS) is 17.8. The molecule has 1 aliphatic heterocycles. The van der Waals surface area contributed by atoms with Crippen LogP contribution in [0.3, 0.4) is 0 Å². The topological polar surface area (TPSA) is 106 Å². The van der Waals surface area contributed by atoms with Crippen molar-refractivity contribution in [3.05, 3.63) is 23.4 Å². The molecule has 2 aromatic rings. The van der Waals surface area contributed by atoms with Gasteiger partial charge in [0.1, 0.15) is 0 Å². The Morgan fingerprint density at radius 3 is 3.08 bits per heavy atom. The molecule has 0 radical (unpaired) electrons. The molecule has 1 saturated heterocycles. The van der Waals surface area contributed by atoms with Crippen molar-refractivity contribution in [2.75, 3.05) is 19.7 Å². The van der Waals surface area contributed by atoms with E-state index >= 15 is 0 Å². The van der Waals surface area contributed by atoms with Crippen LogP contribution in [0.1, 0.15) is 18.7 Å². The first-order chi connectivity index (χ1) is 11.6. The number of carboxylic acids is 1. The van der Waals surface area contributed by atoms with Gasteiger partial charge in [-0.3, -0.25) is 9.59 Å². The van der Waals surface area contributed by atoms with Crippen molar-refractivity contribution in [3.63, 3.8) is 0 Å². The van der Waals surface area contributed by atoms with E-state index in [4.69, 9.17) is 14.4 Å². The summed E-state index contributed by atoms with van der Waals surface area (Å²) in [4.78, 5) is 29.9. The summed E-state index contributed by atoms with van der Waals surface area (Å²) in [5, 5.41) is 14.7. The van der Waals surface area contributed by atoms with E-state index < -0.39 is 12.1 Å². The Bertz CT molecular complexity index is 700. The van der Waals surface area contributed by atoms with Crippen LogP contribution in [0, 0.1) is 0 Å². The molecule has 0 aliphatic carbocycles. The first-order valence-corrected chi connectivity index (χ1v) is 8.47. The molecule has 3 heterocycles. The van der Waals surface area contributed by atoms with Crippen molar-refractivity contribution >= 4 is 23.2 Å². The summed E-state index contributed by atoms with van der Waals surface area (Å²) in [7, 11) is 0. The fraction of sp³-hybridized carbons (Fsp3) is 0.467. The molecule has 1 N–H and O–H groups in total. The number of aliphatic carboxylic acids is 1. The Morgan fingerprint density at radius 1 is 1.46 bits per heavy atom. The fourth-order valence-electron chi connectivity index (χ4n) is 2.50. The monoisotopic (exact) mass is 351 g/mol. The molecular weight excluding hydrogens is 334 g/mol. The van der Waals surface area contributed by atoms with Crippen LogP contribution in [-0.4, -0.2) is 57.8 Å². The number of nitrogens with zero attached hydrogens (tertiary/aromatic N) is 3. The minimum absolute atomic E-state index is 0.0652. The second kappa shape index (κ2) is 7.54. The summed E-state index contributed by atoms with van der Waals surface area (Å²) in [6, 6.07) is 3.81. The zero-order chi connectivity index (χ0) is 16.9. The summed E-state index contributed by atoms with van der Waals surface area (Å²) >= 11 is 1.52. The largest absolute Gasteiger partial charge is 0.481 e. The van der Waals surface area contributed by atoms with Gasteiger partial charge in [-0.05, 0) is 11.4 Å². The molecule has 0 unspecified atom stereocenters. The Balaban J connectivity index is 1.51. The van der Waals surface area contributed by atoms with Crippen LogP contribution in [0.25, 0.3) is 10.7 Å². The first kappa shape index (κ1) is 16.6. The van der Waals surface area contributed by atoms with Crippen molar-refractivity contribution in [2.45, 2.75) is 25.4 Å². The van der Waals surface area contributed by atoms with Crippen LogP contribution >= 0.6 is 11.3 Å². The second-order valence-corrected chi connectivity index (χ2v) is 6.37. The number of ether oxygens (including phenoxy) is 1. The van der Waals surface area contributed by atoms with Crippen LogP contribution in [0.15, 0.2) is 22.0 Å². The van der Waals surface area contributed by atoms with Gasteiger partial charge in [0.2, 0.25) is 17.6 Å². The SMILES string of the molecule is O=C(O)C[C@@H]1CN(C(=O)CCc2nc(-c3cccs3)no2)CCO1. The van der Waals surface area contributed by atoms with Gasteiger partial charge in [-0.25, -0.2) is 0 Å². The number of morpholine rings is 1. The highest BCUT2D eigenvalue weighted by Crippen LogP contribution is 2.21. The maximum atomic E-state index is 12.3. The summed E-state index contributed by atoms with van der Waals surface area (Å²) in [6.45, 7) is 1.13. The first-order valence-electron chi connectivity index (χ1n) is 7.59. The molecule has 0 saturated carbocycles. The van der Waals surface area contributed by atoms with Crippen LogP contribution in [0.4, 0.5) is 0 Å². The highest BCUT2D eigenvalue weighted by atomic mass is 32.1. The molecule has 1 fully saturated rings. The lowest BCUT2D eigenvalue weighted by Crippen LogP contribution is -2.46. The Labute approximate surface area is 142 Å². The maximum Gasteiger partial charge on any atom is 0.306 e. The molecule has 2 aromatic heterocycles. The number of aryl methyl sites for hydroxylation is 1. The number of carboxylic acid groups (broad SMARTS) is 1. The quantitative estimate of drug-likeness (QED) is 0.839. The predicted molar refractivity (Wildman–Crippen MR) is 84.5 cm³/mol. The number of carbonyl (C=O) groups is 2. The molecule has 1 aliphatic rings. The summed E-state index contributed by atoms with van der Waals surface area (Å²) in [6.07, 6.45) is 0.0517. The lowest BCUT2D eigenvalue weighted by atomic mass is 10.2. The molecule has 128 valence electrons. The Hall–Kier alpha value is -2.26. The number of hydrogen-bond acceptors (Lipinski definition) is 7. The Kier molecular flexibility index (Phi) is 5.21. The third-order valence-electron chi connectivity index (χ3n) is 3.66. The summed E-state index contributed by atoms with van der Waals surface area (Å²) in [5.41, 5.74) is 0. The minimum Gasteiger partial charge on any atom is -0.481 e. The molecule has 0 aromatic carbocycles. The van der Waals surface area contributed by atoms with Gasteiger partial charge >= 0.3 is 5.97 Å². The van der Waals surface area contributed by atoms with Gasteiger partial charge in [-0.15, -0.1) is 11.3 Å². The van der Waals surface area contributed by atoms with Gasteiger partial charge in [0.25, 0.3) is 0 Å². The number of rotatable bonds is 6. The van der Waals surface area contributed by atoms with E-state index in [9.17, 15) is 9.59 Å². The van der Waals surface area contributed by atoms with Crippen LogP contribution < -0.4 is 0 Å². The van der Waals surface area contributed by atoms with Crippen LogP contribution in [0.2, 0.25) is 0 Å². The zero-order valence-electron chi connectivity index (χ0n) is 12.9. The molecular formula is C15H17N3O5S. The molecule has 1 amide bonds. The van der Waals surface area contributed by atoms with E-state index in [1.54, 1.807) is 4.90 Å². The number of hydrogen-bond donors (Lipinski definition) is 1. The van der Waals surface area contributed by atoms with E-state index in [1.165, 1.54) is 11.3 Å². The van der Waals surface area contributed by atoms with Gasteiger partial charge in [-0.1, -0.05) is 11.2 Å². The molecule has 0 bridgehead atoms. The number of aromatic nitrogens is 2. The van der Waals surface area contributed by atoms with Crippen molar-refractivity contribution in [1.29, 1.82) is 0 Å². The van der Waals surface area contributed by atoms with Crippen molar-refractivity contribution < 1.29 is 24.0 Å². The molecule has 24 heavy (non-hydrogen) atoms. The van der Waals surface area contributed by atoms with E-state index in [0.29, 0.717) is 37.8 Å². The zero-order valence-corrected chi connectivity index (χ0v) is 13.7. The van der Waals surface area contributed by atoms with Crippen molar-refractivity contribution in [3.8, 4) is 10.7 Å². The van der Waals surface area contributed by atoms with E-state index in [0.717, 1.165) is 4.88 Å². The molecule has 1 atom stereocenters. The predicted octanol–water partition coefficient (Wildman–Crippen LogP) is 1.43. The summed E-state index contributed by atoms with van der Waals surface area (Å²) in [5.74, 6) is -0.0479. The summed E-state index contributed by atoms with van der Waals surface area (Å²) < 4.78 is 10.5.